The molecular formula is C19H13N3O3. The van der Waals surface area contributed by atoms with Gasteiger partial charge in [0.15, 0.2) is 5.76 Å². The summed E-state index contributed by atoms with van der Waals surface area (Å²) < 4.78 is 10.6. The van der Waals surface area contributed by atoms with Crippen LogP contribution in [-0.2, 0) is 11.3 Å². The second-order valence-electron chi connectivity index (χ2n) is 5.38. The average molecular weight is 331 g/mol. The number of carbonyl (C=O) groups is 1. The molecule has 2 heterocycles. The van der Waals surface area contributed by atoms with E-state index in [4.69, 9.17) is 9.26 Å². The van der Waals surface area contributed by atoms with Crippen LogP contribution < -0.4 is 0 Å². The standard InChI is InChI=1S/C19H13N3O3/c23-19(14-6-7-16-17(10-14)21-9-8-20-16)24-12-15-11-18(25-22-15)13-4-2-1-3-5-13/h1-11H,12H2. The lowest BCUT2D eigenvalue weighted by molar-refractivity contribution is 0.0464. The topological polar surface area (TPSA) is 78.1 Å². The Balaban J connectivity index is 1.45. The van der Waals surface area contributed by atoms with Crippen molar-refractivity contribution in [2.24, 2.45) is 0 Å². The third kappa shape index (κ3) is 3.23. The largest absolute Gasteiger partial charge is 0.455 e. The average Bonchev–Trinajstić information content (AvgIpc) is 3.15. The maximum Gasteiger partial charge on any atom is 0.338 e. The molecule has 0 N–H and O–H groups in total. The Morgan fingerprint density at radius 3 is 2.60 bits per heavy atom. The highest BCUT2D eigenvalue weighted by Gasteiger charge is 2.12. The Kier molecular flexibility index (Phi) is 3.92. The Bertz CT molecular complexity index is 1030. The number of benzene rings is 2. The highest BCUT2D eigenvalue weighted by atomic mass is 16.5. The van der Waals surface area contributed by atoms with Crippen molar-refractivity contribution in [3.63, 3.8) is 0 Å². The lowest BCUT2D eigenvalue weighted by Crippen LogP contribution is -2.05. The first kappa shape index (κ1) is 15.0. The van der Waals surface area contributed by atoms with Crippen LogP contribution in [-0.4, -0.2) is 21.1 Å². The molecule has 0 radical (unpaired) electrons. The van der Waals surface area contributed by atoms with Crippen LogP contribution in [0.4, 0.5) is 0 Å². The second-order valence-corrected chi connectivity index (χ2v) is 5.38. The Morgan fingerprint density at radius 2 is 1.76 bits per heavy atom. The van der Waals surface area contributed by atoms with Crippen LogP contribution in [0.3, 0.4) is 0 Å². The molecule has 0 saturated heterocycles. The summed E-state index contributed by atoms with van der Waals surface area (Å²) in [6.07, 6.45) is 3.19. The molecule has 25 heavy (non-hydrogen) atoms. The number of hydrogen-bond donors (Lipinski definition) is 0. The first-order valence-corrected chi connectivity index (χ1v) is 7.68. The van der Waals surface area contributed by atoms with Crippen LogP contribution in [0.1, 0.15) is 16.1 Å². The zero-order valence-corrected chi connectivity index (χ0v) is 13.1. The molecule has 0 spiro atoms. The molecule has 0 bridgehead atoms. The number of esters is 1. The van der Waals surface area contributed by atoms with Gasteiger partial charge in [-0.15, -0.1) is 0 Å². The highest BCUT2D eigenvalue weighted by Crippen LogP contribution is 2.20. The molecule has 122 valence electrons. The predicted octanol–water partition coefficient (Wildman–Crippen LogP) is 3.64. The van der Waals surface area contributed by atoms with E-state index in [0.717, 1.165) is 11.1 Å². The maximum atomic E-state index is 12.2. The lowest BCUT2D eigenvalue weighted by atomic mass is 10.2. The fourth-order valence-corrected chi connectivity index (χ4v) is 2.43. The van der Waals surface area contributed by atoms with Crippen LogP contribution in [0, 0.1) is 0 Å². The van der Waals surface area contributed by atoms with Gasteiger partial charge in [-0.2, -0.15) is 0 Å². The van der Waals surface area contributed by atoms with Crippen LogP contribution >= 0.6 is 0 Å². The van der Waals surface area contributed by atoms with E-state index in [-0.39, 0.29) is 6.61 Å². The van der Waals surface area contributed by atoms with Gasteiger partial charge in [0, 0.05) is 24.0 Å². The number of fused-ring (bicyclic) bond motifs is 1. The number of hydrogen-bond acceptors (Lipinski definition) is 6. The number of rotatable bonds is 4. The summed E-state index contributed by atoms with van der Waals surface area (Å²) in [7, 11) is 0. The molecule has 0 amide bonds. The van der Waals surface area contributed by atoms with Crippen molar-refractivity contribution in [1.29, 1.82) is 0 Å². The minimum absolute atomic E-state index is 0.0354. The van der Waals surface area contributed by atoms with Crippen molar-refractivity contribution < 1.29 is 14.1 Å². The van der Waals surface area contributed by atoms with Gasteiger partial charge >= 0.3 is 5.97 Å². The van der Waals surface area contributed by atoms with E-state index in [1.54, 1.807) is 36.7 Å². The molecular weight excluding hydrogens is 318 g/mol. The van der Waals surface area contributed by atoms with Crippen LogP contribution in [0.2, 0.25) is 0 Å². The maximum absolute atomic E-state index is 12.2. The van der Waals surface area contributed by atoms with E-state index in [1.165, 1.54) is 0 Å². The molecule has 0 aliphatic rings. The zero-order chi connectivity index (χ0) is 17.1. The minimum atomic E-state index is -0.447. The van der Waals surface area contributed by atoms with Gasteiger partial charge < -0.3 is 9.26 Å². The van der Waals surface area contributed by atoms with Crippen molar-refractivity contribution in [3.05, 3.63) is 78.2 Å². The molecule has 2 aromatic heterocycles. The van der Waals surface area contributed by atoms with Gasteiger partial charge in [0.1, 0.15) is 12.3 Å². The van der Waals surface area contributed by atoms with Crippen molar-refractivity contribution in [2.45, 2.75) is 6.61 Å². The van der Waals surface area contributed by atoms with E-state index < -0.39 is 5.97 Å². The molecule has 0 atom stereocenters. The molecule has 0 unspecified atom stereocenters. The molecule has 2 aromatic carbocycles. The van der Waals surface area contributed by atoms with Gasteiger partial charge in [-0.05, 0) is 18.2 Å². The number of nitrogens with zero attached hydrogens (tertiary/aromatic N) is 3. The Hall–Kier alpha value is -3.54. The monoisotopic (exact) mass is 331 g/mol. The Morgan fingerprint density at radius 1 is 0.960 bits per heavy atom. The number of carbonyl (C=O) groups excluding carboxylic acids is 1. The van der Waals surface area contributed by atoms with Crippen LogP contribution in [0.5, 0.6) is 0 Å². The summed E-state index contributed by atoms with van der Waals surface area (Å²) in [5.41, 5.74) is 3.25. The third-order valence-electron chi connectivity index (χ3n) is 3.67. The van der Waals surface area contributed by atoms with Crippen molar-refractivity contribution in [2.75, 3.05) is 0 Å². The van der Waals surface area contributed by atoms with Crippen molar-refractivity contribution >= 4 is 17.0 Å². The highest BCUT2D eigenvalue weighted by molar-refractivity contribution is 5.93. The summed E-state index contributed by atoms with van der Waals surface area (Å²) in [4.78, 5) is 20.6. The summed E-state index contributed by atoms with van der Waals surface area (Å²) in [5, 5.41) is 3.93. The van der Waals surface area contributed by atoms with E-state index in [0.29, 0.717) is 22.5 Å². The molecule has 6 heteroatoms. The van der Waals surface area contributed by atoms with Gasteiger partial charge in [-0.3, -0.25) is 9.97 Å². The molecule has 4 aromatic rings. The minimum Gasteiger partial charge on any atom is -0.455 e. The van der Waals surface area contributed by atoms with E-state index >= 15 is 0 Å². The van der Waals surface area contributed by atoms with Crippen LogP contribution in [0.25, 0.3) is 22.4 Å². The number of aromatic nitrogens is 3. The fourth-order valence-electron chi connectivity index (χ4n) is 2.43. The second kappa shape index (κ2) is 6.52. The van der Waals surface area contributed by atoms with Gasteiger partial charge in [0.2, 0.25) is 0 Å². The molecule has 6 nitrogen and oxygen atoms in total. The van der Waals surface area contributed by atoms with Crippen LogP contribution in [0.15, 0.2) is 71.5 Å². The molecule has 0 saturated carbocycles. The smallest absolute Gasteiger partial charge is 0.338 e. The fraction of sp³-hybridized carbons (Fsp3) is 0.0526. The summed E-state index contributed by atoms with van der Waals surface area (Å²) >= 11 is 0. The van der Waals surface area contributed by atoms with Gasteiger partial charge in [0.25, 0.3) is 0 Å². The summed E-state index contributed by atoms with van der Waals surface area (Å²) in [6.45, 7) is 0.0354. The van der Waals surface area contributed by atoms with Crippen molar-refractivity contribution in [1.82, 2.24) is 15.1 Å². The summed E-state index contributed by atoms with van der Waals surface area (Å²) in [5.74, 6) is 0.185. The molecule has 4 rings (SSSR count). The predicted molar refractivity (Wildman–Crippen MR) is 90.6 cm³/mol. The zero-order valence-electron chi connectivity index (χ0n) is 13.1. The quantitative estimate of drug-likeness (QED) is 0.531. The number of ether oxygens (including phenoxy) is 1. The van der Waals surface area contributed by atoms with E-state index in [2.05, 4.69) is 15.1 Å². The molecule has 0 fully saturated rings. The van der Waals surface area contributed by atoms with Gasteiger partial charge in [-0.25, -0.2) is 4.79 Å². The first-order valence-electron chi connectivity index (χ1n) is 7.68. The third-order valence-corrected chi connectivity index (χ3v) is 3.67. The van der Waals surface area contributed by atoms with Crippen molar-refractivity contribution in [3.8, 4) is 11.3 Å². The Labute approximate surface area is 143 Å². The molecule has 0 aliphatic carbocycles. The van der Waals surface area contributed by atoms with Gasteiger partial charge in [-0.1, -0.05) is 35.5 Å². The van der Waals surface area contributed by atoms with E-state index in [1.807, 2.05) is 30.3 Å². The first-order chi connectivity index (χ1) is 12.3. The molecule has 0 aliphatic heterocycles. The normalized spacial score (nSPS) is 10.7. The van der Waals surface area contributed by atoms with E-state index in [9.17, 15) is 4.79 Å². The lowest BCUT2D eigenvalue weighted by Gasteiger charge is -2.03. The van der Waals surface area contributed by atoms with Gasteiger partial charge in [0.05, 0.1) is 16.6 Å². The summed E-state index contributed by atoms with van der Waals surface area (Å²) in [6, 6.07) is 16.4. The SMILES string of the molecule is O=C(OCc1cc(-c2ccccc2)on1)c1ccc2nccnc2c1.